The minimum atomic E-state index is -0.690. The molecular formula is C24H20N4O3S. The fourth-order valence-corrected chi connectivity index (χ4v) is 4.63. The Balaban J connectivity index is 1.52. The van der Waals surface area contributed by atoms with Crippen molar-refractivity contribution in [3.05, 3.63) is 100.0 Å². The van der Waals surface area contributed by atoms with E-state index >= 15 is 0 Å². The van der Waals surface area contributed by atoms with E-state index in [1.165, 1.54) is 27.3 Å². The summed E-state index contributed by atoms with van der Waals surface area (Å²) >= 11 is 1.46. The van der Waals surface area contributed by atoms with Gasteiger partial charge >= 0.3 is 0 Å². The Labute approximate surface area is 189 Å². The van der Waals surface area contributed by atoms with Crippen molar-refractivity contribution in [1.29, 1.82) is 5.26 Å². The van der Waals surface area contributed by atoms with Crippen molar-refractivity contribution in [1.82, 2.24) is 9.47 Å². The van der Waals surface area contributed by atoms with E-state index in [0.29, 0.717) is 29.4 Å². The van der Waals surface area contributed by atoms with Gasteiger partial charge in [-0.25, -0.2) is 0 Å². The zero-order valence-corrected chi connectivity index (χ0v) is 17.9. The maximum absolute atomic E-state index is 13.2. The molecule has 1 aromatic heterocycles. The molecule has 1 fully saturated rings. The van der Waals surface area contributed by atoms with Crippen LogP contribution in [0, 0.1) is 11.3 Å². The summed E-state index contributed by atoms with van der Waals surface area (Å²) < 4.78 is 1.50. The van der Waals surface area contributed by atoms with Crippen molar-refractivity contribution in [3.63, 3.8) is 0 Å². The van der Waals surface area contributed by atoms with Crippen LogP contribution >= 0.6 is 11.8 Å². The normalized spacial score (nSPS) is 15.2. The zero-order valence-electron chi connectivity index (χ0n) is 17.1. The first-order valence-electron chi connectivity index (χ1n) is 10.00. The molecule has 0 bridgehead atoms. The van der Waals surface area contributed by atoms with Gasteiger partial charge in [0.2, 0.25) is 5.91 Å². The quantitative estimate of drug-likeness (QED) is 0.653. The van der Waals surface area contributed by atoms with Gasteiger partial charge in [-0.15, -0.1) is 11.8 Å². The number of hydrogen-bond acceptors (Lipinski definition) is 5. The number of nitrogens with one attached hydrogen (secondary N) is 1. The number of hydrogen-bond donors (Lipinski definition) is 1. The number of rotatable bonds is 5. The van der Waals surface area contributed by atoms with E-state index in [0.717, 1.165) is 5.56 Å². The van der Waals surface area contributed by atoms with Gasteiger partial charge in [0.1, 0.15) is 11.6 Å². The second-order valence-electron chi connectivity index (χ2n) is 7.31. The van der Waals surface area contributed by atoms with Crippen LogP contribution in [0.25, 0.3) is 0 Å². The van der Waals surface area contributed by atoms with Crippen LogP contribution in [0.5, 0.6) is 0 Å². The number of carbonyl (C=O) groups is 2. The second-order valence-corrected chi connectivity index (χ2v) is 8.31. The Kier molecular flexibility index (Phi) is 6.38. The highest BCUT2D eigenvalue weighted by molar-refractivity contribution is 7.99. The molecule has 7 nitrogen and oxygen atoms in total. The molecule has 0 saturated carbocycles. The number of nitrogens with zero attached hydrogens (tertiary/aromatic N) is 3. The summed E-state index contributed by atoms with van der Waals surface area (Å²) in [7, 11) is 0. The second kappa shape index (κ2) is 9.54. The highest BCUT2D eigenvalue weighted by atomic mass is 32.2. The highest BCUT2D eigenvalue weighted by Gasteiger charge is 2.36. The molecule has 1 unspecified atom stereocenters. The van der Waals surface area contributed by atoms with Gasteiger partial charge in [0.25, 0.3) is 11.5 Å². The van der Waals surface area contributed by atoms with E-state index in [1.54, 1.807) is 36.5 Å². The smallest absolute Gasteiger partial charge is 0.263 e. The lowest BCUT2D eigenvalue weighted by molar-refractivity contribution is -0.119. The standard InChI is InChI=1S/C24H20N4O3S/c25-13-17-8-10-19(11-9-17)26-22(29)21-15-32-16-28(21)24(31)20-7-4-12-27(23(20)30)14-18-5-2-1-3-6-18/h1-12,21H,14-16H2,(H,26,29). The lowest BCUT2D eigenvalue weighted by Crippen LogP contribution is -2.46. The van der Waals surface area contributed by atoms with Gasteiger partial charge in [0.05, 0.1) is 24.1 Å². The third kappa shape index (κ3) is 4.58. The van der Waals surface area contributed by atoms with Gasteiger partial charge in [-0.1, -0.05) is 30.3 Å². The number of pyridine rings is 1. The van der Waals surface area contributed by atoms with Gasteiger partial charge in [0, 0.05) is 17.6 Å². The number of thioether (sulfide) groups is 1. The first-order valence-corrected chi connectivity index (χ1v) is 11.2. The fraction of sp³-hybridized carbons (Fsp3) is 0.167. The van der Waals surface area contributed by atoms with Crippen LogP contribution in [0.15, 0.2) is 77.7 Å². The fourth-order valence-electron chi connectivity index (χ4n) is 3.47. The van der Waals surface area contributed by atoms with Gasteiger partial charge in [-0.05, 0) is 42.0 Å². The van der Waals surface area contributed by atoms with Crippen LogP contribution in [0.2, 0.25) is 0 Å². The van der Waals surface area contributed by atoms with E-state index in [1.807, 2.05) is 36.4 Å². The molecular weight excluding hydrogens is 424 g/mol. The van der Waals surface area contributed by atoms with Gasteiger partial charge in [-0.2, -0.15) is 5.26 Å². The zero-order chi connectivity index (χ0) is 22.5. The summed E-state index contributed by atoms with van der Waals surface area (Å²) in [6.45, 7) is 0.359. The molecule has 1 aliphatic heterocycles. The molecule has 4 rings (SSSR count). The number of amides is 2. The van der Waals surface area contributed by atoms with E-state index < -0.39 is 11.9 Å². The summed E-state index contributed by atoms with van der Waals surface area (Å²) in [5.41, 5.74) is 1.65. The Bertz CT molecular complexity index is 1230. The SMILES string of the molecule is N#Cc1ccc(NC(=O)C2CSCN2C(=O)c2cccn(Cc3ccccc3)c2=O)cc1. The van der Waals surface area contributed by atoms with Gasteiger partial charge in [0.15, 0.2) is 0 Å². The van der Waals surface area contributed by atoms with Crippen molar-refractivity contribution in [3.8, 4) is 6.07 Å². The summed E-state index contributed by atoms with van der Waals surface area (Å²) in [6, 6.07) is 20.6. The van der Waals surface area contributed by atoms with Crippen molar-refractivity contribution in [2.45, 2.75) is 12.6 Å². The van der Waals surface area contributed by atoms with Crippen molar-refractivity contribution in [2.24, 2.45) is 0 Å². The molecule has 1 saturated heterocycles. The first-order chi connectivity index (χ1) is 15.6. The van der Waals surface area contributed by atoms with Crippen LogP contribution in [0.3, 0.4) is 0 Å². The Morgan fingerprint density at radius 1 is 1.06 bits per heavy atom. The average molecular weight is 445 g/mol. The monoisotopic (exact) mass is 444 g/mol. The van der Waals surface area contributed by atoms with Crippen molar-refractivity contribution >= 4 is 29.3 Å². The van der Waals surface area contributed by atoms with Gasteiger partial charge < -0.3 is 14.8 Å². The molecule has 0 spiro atoms. The lowest BCUT2D eigenvalue weighted by Gasteiger charge is -2.23. The van der Waals surface area contributed by atoms with Crippen LogP contribution in [-0.2, 0) is 11.3 Å². The van der Waals surface area contributed by atoms with Crippen LogP contribution < -0.4 is 10.9 Å². The molecule has 2 aromatic carbocycles. The molecule has 3 aromatic rings. The predicted molar refractivity (Wildman–Crippen MR) is 123 cm³/mol. The van der Waals surface area contributed by atoms with Gasteiger partial charge in [-0.3, -0.25) is 14.4 Å². The third-order valence-electron chi connectivity index (χ3n) is 5.17. The molecule has 8 heteroatoms. The number of benzene rings is 2. The lowest BCUT2D eigenvalue weighted by atomic mass is 10.1. The van der Waals surface area contributed by atoms with E-state index in [4.69, 9.17) is 5.26 Å². The van der Waals surface area contributed by atoms with E-state index in [9.17, 15) is 14.4 Å². The predicted octanol–water partition coefficient (Wildman–Crippen LogP) is 2.92. The van der Waals surface area contributed by atoms with E-state index in [-0.39, 0.29) is 17.0 Å². The first kappa shape index (κ1) is 21.4. The number of anilines is 1. The Morgan fingerprint density at radius 3 is 2.53 bits per heavy atom. The molecule has 2 amide bonds. The summed E-state index contributed by atoms with van der Waals surface area (Å²) in [5.74, 6) is -0.00748. The minimum Gasteiger partial charge on any atom is -0.324 e. The number of aromatic nitrogens is 1. The minimum absolute atomic E-state index is 0.0436. The summed E-state index contributed by atoms with van der Waals surface area (Å²) in [5, 5.41) is 11.7. The van der Waals surface area contributed by atoms with Crippen LogP contribution in [0.1, 0.15) is 21.5 Å². The van der Waals surface area contributed by atoms with Crippen molar-refractivity contribution in [2.75, 3.05) is 16.9 Å². The van der Waals surface area contributed by atoms with Crippen LogP contribution in [-0.4, -0.2) is 39.0 Å². The molecule has 2 heterocycles. The molecule has 1 atom stereocenters. The molecule has 1 N–H and O–H groups in total. The molecule has 1 aliphatic rings. The Hall–Kier alpha value is -3.83. The Morgan fingerprint density at radius 2 is 1.81 bits per heavy atom. The third-order valence-corrected chi connectivity index (χ3v) is 6.19. The summed E-state index contributed by atoms with van der Waals surface area (Å²) in [6.07, 6.45) is 1.65. The molecule has 32 heavy (non-hydrogen) atoms. The van der Waals surface area contributed by atoms with Crippen LogP contribution in [0.4, 0.5) is 5.69 Å². The maximum Gasteiger partial charge on any atom is 0.263 e. The molecule has 0 aliphatic carbocycles. The highest BCUT2D eigenvalue weighted by Crippen LogP contribution is 2.24. The van der Waals surface area contributed by atoms with E-state index in [2.05, 4.69) is 5.32 Å². The number of nitriles is 1. The van der Waals surface area contributed by atoms with Crippen molar-refractivity contribution < 1.29 is 9.59 Å². The largest absolute Gasteiger partial charge is 0.324 e. The topological polar surface area (TPSA) is 95.2 Å². The number of carbonyl (C=O) groups excluding carboxylic acids is 2. The molecule has 160 valence electrons. The molecule has 0 radical (unpaired) electrons. The summed E-state index contributed by atoms with van der Waals surface area (Å²) in [4.78, 5) is 40.5. The average Bonchev–Trinajstić information content (AvgIpc) is 3.31. The maximum atomic E-state index is 13.2.